The molecule has 0 amide bonds. The van der Waals surface area contributed by atoms with Crippen LogP contribution in [0.1, 0.15) is 46.7 Å². The predicted octanol–water partition coefficient (Wildman–Crippen LogP) is 2.77. The topological polar surface area (TPSA) is 124 Å². The molecule has 0 unspecified atom stereocenters. The van der Waals surface area contributed by atoms with E-state index in [4.69, 9.17) is 10.5 Å². The Bertz CT molecular complexity index is 1310. The highest BCUT2D eigenvalue weighted by Gasteiger charge is 2.30. The van der Waals surface area contributed by atoms with Crippen molar-refractivity contribution in [1.82, 2.24) is 14.3 Å². The number of nitrogen functional groups attached to an aromatic ring is 1. The van der Waals surface area contributed by atoms with Gasteiger partial charge in [-0.05, 0) is 39.2 Å². The predicted molar refractivity (Wildman–Crippen MR) is 119 cm³/mol. The molecule has 32 heavy (non-hydrogen) atoms. The zero-order valence-corrected chi connectivity index (χ0v) is 18.5. The molecule has 0 spiro atoms. The van der Waals surface area contributed by atoms with Gasteiger partial charge in [0.05, 0.1) is 28.3 Å². The molecule has 3 aromatic rings. The van der Waals surface area contributed by atoms with Crippen LogP contribution >= 0.6 is 0 Å². The van der Waals surface area contributed by atoms with Crippen LogP contribution < -0.4 is 21.2 Å². The standard InChI is InChI=1S/C22H26FN5O4/c1-10-9-32-21-18(25-7-5-6-13-11(2)26-27(4)12(13)3)16(23)17(24)15-19(21)28(10)8-14(20(15)29)22(30)31/h8,10,25H,5-7,9,24H2,1-4H3,(H,30,31)/t10-/m0/s1. The quantitative estimate of drug-likeness (QED) is 0.395. The van der Waals surface area contributed by atoms with Crippen LogP contribution in [0.25, 0.3) is 10.9 Å². The molecule has 10 heteroatoms. The Morgan fingerprint density at radius 1 is 1.44 bits per heavy atom. The summed E-state index contributed by atoms with van der Waals surface area (Å²) < 4.78 is 24.5. The summed E-state index contributed by atoms with van der Waals surface area (Å²) in [6.45, 7) is 6.44. The third-order valence-electron chi connectivity index (χ3n) is 6.14. The number of halogens is 1. The van der Waals surface area contributed by atoms with Gasteiger partial charge in [-0.3, -0.25) is 9.48 Å². The van der Waals surface area contributed by atoms with Gasteiger partial charge in [-0.15, -0.1) is 0 Å². The smallest absolute Gasteiger partial charge is 0.341 e. The average Bonchev–Trinajstić information content (AvgIpc) is 2.98. The van der Waals surface area contributed by atoms with Gasteiger partial charge in [0.25, 0.3) is 0 Å². The van der Waals surface area contributed by atoms with Gasteiger partial charge in [-0.2, -0.15) is 5.10 Å². The maximum absolute atomic E-state index is 15.3. The fourth-order valence-electron chi connectivity index (χ4n) is 4.32. The van der Waals surface area contributed by atoms with E-state index < -0.39 is 22.8 Å². The largest absolute Gasteiger partial charge is 0.487 e. The molecule has 1 aromatic carbocycles. The minimum Gasteiger partial charge on any atom is -0.487 e. The minimum atomic E-state index is -1.39. The first-order chi connectivity index (χ1) is 15.1. The van der Waals surface area contributed by atoms with E-state index in [0.29, 0.717) is 18.5 Å². The first-order valence-corrected chi connectivity index (χ1v) is 10.4. The molecule has 0 radical (unpaired) electrons. The molecule has 3 heterocycles. The van der Waals surface area contributed by atoms with Crippen LogP contribution in [0.5, 0.6) is 5.75 Å². The molecule has 4 N–H and O–H groups in total. The van der Waals surface area contributed by atoms with Crippen molar-refractivity contribution in [2.75, 3.05) is 24.2 Å². The van der Waals surface area contributed by atoms with Crippen LogP contribution in [0.15, 0.2) is 11.0 Å². The Balaban J connectivity index is 1.72. The summed E-state index contributed by atoms with van der Waals surface area (Å²) in [6, 6.07) is -0.252. The number of aromatic nitrogens is 3. The van der Waals surface area contributed by atoms with Gasteiger partial charge < -0.3 is 25.5 Å². The Morgan fingerprint density at radius 2 is 2.16 bits per heavy atom. The molecule has 0 fully saturated rings. The number of carboxylic acid groups (broad SMARTS) is 1. The minimum absolute atomic E-state index is 0.0813. The number of benzene rings is 1. The molecule has 9 nitrogen and oxygen atoms in total. The number of carboxylic acids is 1. The van der Waals surface area contributed by atoms with E-state index in [0.717, 1.165) is 23.4 Å². The summed E-state index contributed by atoms with van der Waals surface area (Å²) in [7, 11) is 1.90. The van der Waals surface area contributed by atoms with Crippen molar-refractivity contribution in [1.29, 1.82) is 0 Å². The van der Waals surface area contributed by atoms with Crippen molar-refractivity contribution < 1.29 is 19.0 Å². The zero-order chi connectivity index (χ0) is 23.3. The van der Waals surface area contributed by atoms with Crippen LogP contribution in [0.4, 0.5) is 15.8 Å². The van der Waals surface area contributed by atoms with Crippen molar-refractivity contribution in [2.45, 2.75) is 39.7 Å². The lowest BCUT2D eigenvalue weighted by Crippen LogP contribution is -2.28. The van der Waals surface area contributed by atoms with E-state index >= 15 is 4.39 Å². The summed E-state index contributed by atoms with van der Waals surface area (Å²) in [5, 5.41) is 16.7. The van der Waals surface area contributed by atoms with Crippen molar-refractivity contribution in [2.24, 2.45) is 7.05 Å². The van der Waals surface area contributed by atoms with Gasteiger partial charge >= 0.3 is 5.97 Å². The van der Waals surface area contributed by atoms with E-state index in [2.05, 4.69) is 10.4 Å². The first-order valence-electron chi connectivity index (χ1n) is 10.4. The highest BCUT2D eigenvalue weighted by molar-refractivity contribution is 6.03. The number of carbonyl (C=O) groups is 1. The third-order valence-corrected chi connectivity index (χ3v) is 6.14. The molecular formula is C22H26FN5O4. The fraction of sp³-hybridized carbons (Fsp3) is 0.409. The van der Waals surface area contributed by atoms with Crippen molar-refractivity contribution in [3.05, 3.63) is 44.8 Å². The summed E-state index contributed by atoms with van der Waals surface area (Å²) in [6.07, 6.45) is 2.76. The number of hydrogen-bond acceptors (Lipinski definition) is 6. The van der Waals surface area contributed by atoms with E-state index in [1.54, 1.807) is 4.57 Å². The van der Waals surface area contributed by atoms with E-state index in [1.165, 1.54) is 6.20 Å². The first kappa shape index (κ1) is 21.7. The molecule has 1 aliphatic rings. The number of pyridine rings is 1. The van der Waals surface area contributed by atoms with Crippen LogP contribution in [0, 0.1) is 19.7 Å². The van der Waals surface area contributed by atoms with Crippen molar-refractivity contribution >= 4 is 28.2 Å². The lowest BCUT2D eigenvalue weighted by atomic mass is 10.0. The van der Waals surface area contributed by atoms with Crippen LogP contribution in [-0.4, -0.2) is 38.6 Å². The van der Waals surface area contributed by atoms with Gasteiger partial charge in [0.15, 0.2) is 11.6 Å². The second kappa shape index (κ2) is 7.85. The molecule has 1 aliphatic heterocycles. The number of nitrogens with zero attached hydrogens (tertiary/aromatic N) is 3. The molecule has 1 atom stereocenters. The summed E-state index contributed by atoms with van der Waals surface area (Å²) >= 11 is 0. The Labute approximate surface area is 183 Å². The SMILES string of the molecule is Cc1nn(C)c(C)c1CCCNc1c(F)c(N)c2c(=O)c(C(=O)O)cn3c2c1OC[C@@H]3C. The maximum atomic E-state index is 15.3. The number of nitrogens with two attached hydrogens (primary N) is 1. The van der Waals surface area contributed by atoms with E-state index in [9.17, 15) is 14.7 Å². The summed E-state index contributed by atoms with van der Waals surface area (Å²) in [4.78, 5) is 24.3. The van der Waals surface area contributed by atoms with Gasteiger partial charge in [0.2, 0.25) is 5.43 Å². The number of ether oxygens (including phenoxy) is 1. The highest BCUT2D eigenvalue weighted by Crippen LogP contribution is 2.43. The van der Waals surface area contributed by atoms with Gasteiger partial charge in [0, 0.05) is 25.5 Å². The second-order valence-corrected chi connectivity index (χ2v) is 8.20. The van der Waals surface area contributed by atoms with E-state index in [-0.39, 0.29) is 35.2 Å². The Morgan fingerprint density at radius 3 is 2.78 bits per heavy atom. The summed E-state index contributed by atoms with van der Waals surface area (Å²) in [5.41, 5.74) is 7.95. The lowest BCUT2D eigenvalue weighted by molar-refractivity contribution is 0.0694. The number of aromatic carboxylic acids is 1. The molecule has 4 rings (SSSR count). The highest BCUT2D eigenvalue weighted by atomic mass is 19.1. The number of rotatable bonds is 6. The third kappa shape index (κ3) is 3.26. The number of aryl methyl sites for hydroxylation is 2. The average molecular weight is 443 g/mol. The monoisotopic (exact) mass is 443 g/mol. The maximum Gasteiger partial charge on any atom is 0.341 e. The molecule has 0 bridgehead atoms. The van der Waals surface area contributed by atoms with Crippen LogP contribution in [0.3, 0.4) is 0 Å². The van der Waals surface area contributed by atoms with Gasteiger partial charge in [-0.1, -0.05) is 0 Å². The van der Waals surface area contributed by atoms with Crippen molar-refractivity contribution in [3.8, 4) is 5.75 Å². The van der Waals surface area contributed by atoms with E-state index in [1.807, 2.05) is 32.5 Å². The molecule has 2 aromatic heterocycles. The number of anilines is 2. The second-order valence-electron chi connectivity index (χ2n) is 8.20. The van der Waals surface area contributed by atoms with Crippen LogP contribution in [0.2, 0.25) is 0 Å². The number of hydrogen-bond donors (Lipinski definition) is 3. The fourth-order valence-corrected chi connectivity index (χ4v) is 4.32. The lowest BCUT2D eigenvalue weighted by Gasteiger charge is -2.29. The Kier molecular flexibility index (Phi) is 5.31. The summed E-state index contributed by atoms with van der Waals surface area (Å²) in [5.74, 6) is -2.03. The molecule has 0 aliphatic carbocycles. The van der Waals surface area contributed by atoms with Crippen molar-refractivity contribution in [3.63, 3.8) is 0 Å². The molecule has 0 saturated carbocycles. The van der Waals surface area contributed by atoms with Gasteiger partial charge in [-0.25, -0.2) is 9.18 Å². The molecule has 0 saturated heterocycles. The number of nitrogens with one attached hydrogen (secondary N) is 1. The molecule has 170 valence electrons. The molecular weight excluding hydrogens is 417 g/mol. The van der Waals surface area contributed by atoms with Crippen LogP contribution in [-0.2, 0) is 13.5 Å². The Hall–Kier alpha value is -3.56. The zero-order valence-electron chi connectivity index (χ0n) is 18.5. The normalized spacial score (nSPS) is 15.1. The van der Waals surface area contributed by atoms with Gasteiger partial charge in [0.1, 0.15) is 17.9 Å².